The minimum Gasteiger partial charge on any atom is -0.351 e. The number of nitrogens with zero attached hydrogens (tertiary/aromatic N) is 3. The van der Waals surface area contributed by atoms with Gasteiger partial charge >= 0.3 is 0 Å². The van der Waals surface area contributed by atoms with Gasteiger partial charge in [-0.05, 0) is 25.1 Å². The van der Waals surface area contributed by atoms with E-state index >= 15 is 0 Å². The monoisotopic (exact) mass is 439 g/mol. The first-order valence-electron chi connectivity index (χ1n) is 8.28. The van der Waals surface area contributed by atoms with E-state index < -0.39 is 9.84 Å². The Labute approximate surface area is 170 Å². The summed E-state index contributed by atoms with van der Waals surface area (Å²) >= 11 is 12.2. The standard InChI is InChI=1S/C17H15Cl2N5O3S/c1-8-14-22-12-3-4-20-16(25)13(12)15(24(14)23-17(8)28(2,26)27)21-11-6-9(18)5-10(19)7-11/h5-7,21H,3-4H2,1-2H3,(H,20,25). The number of hydrogen-bond donors (Lipinski definition) is 2. The first-order valence-corrected chi connectivity index (χ1v) is 10.9. The van der Waals surface area contributed by atoms with Gasteiger partial charge in [-0.1, -0.05) is 23.2 Å². The molecule has 0 atom stereocenters. The molecular weight excluding hydrogens is 425 g/mol. The molecule has 146 valence electrons. The Morgan fingerprint density at radius 2 is 1.89 bits per heavy atom. The highest BCUT2D eigenvalue weighted by Crippen LogP contribution is 2.31. The van der Waals surface area contributed by atoms with Crippen LogP contribution in [0.3, 0.4) is 0 Å². The van der Waals surface area contributed by atoms with Crippen LogP contribution in [0.2, 0.25) is 10.0 Å². The van der Waals surface area contributed by atoms with E-state index in [0.717, 1.165) is 6.26 Å². The number of aryl methyl sites for hydroxylation is 1. The molecule has 2 N–H and O–H groups in total. The van der Waals surface area contributed by atoms with Gasteiger partial charge in [0.15, 0.2) is 20.5 Å². The fraction of sp³-hybridized carbons (Fsp3) is 0.235. The number of benzene rings is 1. The van der Waals surface area contributed by atoms with Crippen molar-refractivity contribution in [3.05, 3.63) is 45.1 Å². The number of sulfone groups is 1. The zero-order valence-electron chi connectivity index (χ0n) is 14.9. The van der Waals surface area contributed by atoms with Gasteiger partial charge in [-0.15, -0.1) is 0 Å². The van der Waals surface area contributed by atoms with Gasteiger partial charge < -0.3 is 10.6 Å². The van der Waals surface area contributed by atoms with Gasteiger partial charge in [0.25, 0.3) is 5.91 Å². The second-order valence-corrected chi connectivity index (χ2v) is 9.31. The van der Waals surface area contributed by atoms with Gasteiger partial charge in [0.05, 0.1) is 5.69 Å². The maximum atomic E-state index is 12.6. The normalized spacial score (nSPS) is 14.1. The number of anilines is 2. The van der Waals surface area contributed by atoms with Gasteiger partial charge in [-0.3, -0.25) is 4.79 Å². The van der Waals surface area contributed by atoms with Crippen molar-refractivity contribution in [3.8, 4) is 0 Å². The summed E-state index contributed by atoms with van der Waals surface area (Å²) in [6, 6.07) is 4.86. The van der Waals surface area contributed by atoms with Crippen molar-refractivity contribution in [2.24, 2.45) is 0 Å². The largest absolute Gasteiger partial charge is 0.351 e. The summed E-state index contributed by atoms with van der Waals surface area (Å²) in [6.07, 6.45) is 1.60. The molecule has 3 aromatic rings. The van der Waals surface area contributed by atoms with Gasteiger partial charge in [-0.25, -0.2) is 13.4 Å². The summed E-state index contributed by atoms with van der Waals surface area (Å²) in [4.78, 5) is 17.1. The lowest BCUT2D eigenvalue weighted by atomic mass is 10.1. The molecule has 1 aliphatic rings. The van der Waals surface area contributed by atoms with Crippen molar-refractivity contribution in [1.29, 1.82) is 0 Å². The topological polar surface area (TPSA) is 105 Å². The molecule has 1 aromatic carbocycles. The van der Waals surface area contributed by atoms with Crippen LogP contribution in [0, 0.1) is 6.92 Å². The summed E-state index contributed by atoms with van der Waals surface area (Å²) in [7, 11) is -3.58. The van der Waals surface area contributed by atoms with Crippen molar-refractivity contribution < 1.29 is 13.2 Å². The molecule has 2 aromatic heterocycles. The Hall–Kier alpha value is -2.36. The van der Waals surface area contributed by atoms with Crippen molar-refractivity contribution in [3.63, 3.8) is 0 Å². The van der Waals surface area contributed by atoms with E-state index in [1.807, 2.05) is 0 Å². The average molecular weight is 440 g/mol. The van der Waals surface area contributed by atoms with Crippen LogP contribution in [-0.2, 0) is 16.3 Å². The number of carbonyl (C=O) groups excluding carboxylic acids is 1. The molecule has 0 radical (unpaired) electrons. The molecule has 1 aliphatic heterocycles. The van der Waals surface area contributed by atoms with E-state index in [9.17, 15) is 13.2 Å². The third-order valence-electron chi connectivity index (χ3n) is 4.38. The zero-order chi connectivity index (χ0) is 20.2. The van der Waals surface area contributed by atoms with Crippen molar-refractivity contribution >= 4 is 56.1 Å². The predicted molar refractivity (Wildman–Crippen MR) is 107 cm³/mol. The van der Waals surface area contributed by atoms with Crippen molar-refractivity contribution in [2.45, 2.75) is 18.4 Å². The molecule has 0 aliphatic carbocycles. The van der Waals surface area contributed by atoms with Crippen LogP contribution in [0.15, 0.2) is 23.2 Å². The molecule has 1 amide bonds. The summed E-state index contributed by atoms with van der Waals surface area (Å²) in [5, 5.41) is 10.8. The molecule has 0 fully saturated rings. The second-order valence-electron chi connectivity index (χ2n) is 6.51. The molecular formula is C17H15Cl2N5O3S. The van der Waals surface area contributed by atoms with E-state index in [1.165, 1.54) is 4.52 Å². The molecule has 0 spiro atoms. The summed E-state index contributed by atoms with van der Waals surface area (Å²) in [5.74, 6) is -0.0196. The van der Waals surface area contributed by atoms with Gasteiger partial charge in [-0.2, -0.15) is 9.61 Å². The van der Waals surface area contributed by atoms with E-state index in [0.29, 0.717) is 57.0 Å². The number of halogens is 2. The zero-order valence-corrected chi connectivity index (χ0v) is 17.2. The SMILES string of the molecule is Cc1c(S(C)(=O)=O)nn2c(Nc3cc(Cl)cc(Cl)c3)c3c(nc12)CCNC3=O. The maximum absolute atomic E-state index is 12.6. The maximum Gasteiger partial charge on any atom is 0.256 e. The molecule has 0 bridgehead atoms. The predicted octanol–water partition coefficient (Wildman–Crippen LogP) is 2.78. The number of aromatic nitrogens is 3. The number of hydrogen-bond acceptors (Lipinski definition) is 6. The number of amides is 1. The Kier molecular flexibility index (Phi) is 4.48. The number of nitrogens with one attached hydrogen (secondary N) is 2. The third kappa shape index (κ3) is 3.19. The first-order chi connectivity index (χ1) is 13.1. The summed E-state index contributed by atoms with van der Waals surface area (Å²) in [6.45, 7) is 2.09. The lowest BCUT2D eigenvalue weighted by Crippen LogP contribution is -2.34. The Morgan fingerprint density at radius 3 is 2.54 bits per heavy atom. The molecule has 11 heteroatoms. The number of rotatable bonds is 3. The van der Waals surface area contributed by atoms with E-state index in [4.69, 9.17) is 23.2 Å². The first kappa shape index (κ1) is 19.0. The minimum atomic E-state index is -3.58. The molecule has 4 rings (SSSR count). The molecule has 28 heavy (non-hydrogen) atoms. The molecule has 0 saturated heterocycles. The summed E-state index contributed by atoms with van der Waals surface area (Å²) in [5.41, 5.74) is 2.18. The molecule has 3 heterocycles. The van der Waals surface area contributed by atoms with E-state index in [1.54, 1.807) is 25.1 Å². The minimum absolute atomic E-state index is 0.0880. The van der Waals surface area contributed by atoms with E-state index in [-0.39, 0.29) is 10.9 Å². The lowest BCUT2D eigenvalue weighted by Gasteiger charge is -2.20. The molecule has 8 nitrogen and oxygen atoms in total. The fourth-order valence-electron chi connectivity index (χ4n) is 3.21. The average Bonchev–Trinajstić information content (AvgIpc) is 2.91. The van der Waals surface area contributed by atoms with Crippen LogP contribution in [0.5, 0.6) is 0 Å². The second kappa shape index (κ2) is 6.61. The van der Waals surface area contributed by atoms with Crippen molar-refractivity contribution in [1.82, 2.24) is 19.9 Å². The van der Waals surface area contributed by atoms with Crippen molar-refractivity contribution in [2.75, 3.05) is 18.1 Å². The quantitative estimate of drug-likeness (QED) is 0.649. The van der Waals surface area contributed by atoms with Gasteiger partial charge in [0.2, 0.25) is 0 Å². The van der Waals surface area contributed by atoms with E-state index in [2.05, 4.69) is 20.7 Å². The van der Waals surface area contributed by atoms with Crippen LogP contribution < -0.4 is 10.6 Å². The molecule has 0 unspecified atom stereocenters. The number of fused-ring (bicyclic) bond motifs is 2. The van der Waals surface area contributed by atoms with Crippen LogP contribution in [-0.4, -0.2) is 41.7 Å². The lowest BCUT2D eigenvalue weighted by molar-refractivity contribution is 0.0945. The Morgan fingerprint density at radius 1 is 1.21 bits per heavy atom. The van der Waals surface area contributed by atoms with Crippen LogP contribution in [0.4, 0.5) is 11.5 Å². The van der Waals surface area contributed by atoms with Crippen LogP contribution >= 0.6 is 23.2 Å². The van der Waals surface area contributed by atoms with Gasteiger partial charge in [0, 0.05) is 40.5 Å². The Balaban J connectivity index is 2.03. The van der Waals surface area contributed by atoms with Crippen LogP contribution in [0.1, 0.15) is 21.6 Å². The van der Waals surface area contributed by atoms with Gasteiger partial charge in [0.1, 0.15) is 11.4 Å². The number of carbonyl (C=O) groups is 1. The Bertz CT molecular complexity index is 1230. The third-order valence-corrected chi connectivity index (χ3v) is 5.90. The fourth-order valence-corrected chi connectivity index (χ4v) is 4.62. The smallest absolute Gasteiger partial charge is 0.256 e. The highest BCUT2D eigenvalue weighted by molar-refractivity contribution is 7.90. The summed E-state index contributed by atoms with van der Waals surface area (Å²) < 4.78 is 25.6. The highest BCUT2D eigenvalue weighted by Gasteiger charge is 2.29. The highest BCUT2D eigenvalue weighted by atomic mass is 35.5. The molecule has 0 saturated carbocycles. The van der Waals surface area contributed by atoms with Crippen LogP contribution in [0.25, 0.3) is 5.65 Å².